The fraction of sp³-hybridized carbons (Fsp3) is 0.333. The maximum Gasteiger partial charge on any atom is 0.268 e. The minimum Gasteiger partial charge on any atom is -0.505 e. The molecule has 3 rings (SSSR count). The van der Waals surface area contributed by atoms with E-state index in [0.29, 0.717) is 24.9 Å². The van der Waals surface area contributed by atoms with Crippen molar-refractivity contribution in [3.8, 4) is 5.75 Å². The Bertz CT molecular complexity index is 1240. The van der Waals surface area contributed by atoms with Crippen molar-refractivity contribution in [1.82, 2.24) is 20.2 Å². The van der Waals surface area contributed by atoms with Crippen molar-refractivity contribution >= 4 is 22.8 Å². The van der Waals surface area contributed by atoms with Gasteiger partial charge in [-0.25, -0.2) is 4.39 Å². The largest absolute Gasteiger partial charge is 0.505 e. The molecule has 1 aromatic carbocycles. The predicted octanol–water partition coefficient (Wildman–Crippen LogP) is 1.73. The first-order valence-corrected chi connectivity index (χ1v) is 10.9. The zero-order valence-electron chi connectivity index (χ0n) is 19.1. The van der Waals surface area contributed by atoms with Crippen LogP contribution in [0.1, 0.15) is 34.8 Å². The van der Waals surface area contributed by atoms with Crippen molar-refractivity contribution in [3.63, 3.8) is 0 Å². The van der Waals surface area contributed by atoms with Crippen molar-refractivity contribution in [1.29, 1.82) is 0 Å². The van der Waals surface area contributed by atoms with Gasteiger partial charge in [0, 0.05) is 26.4 Å². The first kappa shape index (κ1) is 24.8. The molecule has 0 unspecified atom stereocenters. The number of methoxy groups -OCH3 is 1. The van der Waals surface area contributed by atoms with Crippen molar-refractivity contribution in [2.75, 3.05) is 26.8 Å². The first-order chi connectivity index (χ1) is 16.3. The zero-order valence-corrected chi connectivity index (χ0v) is 19.1. The number of nitrogens with zero attached hydrogens (tertiary/aromatic N) is 2. The number of hydrogen-bond acceptors (Lipinski definition) is 6. The second-order valence-electron chi connectivity index (χ2n) is 7.73. The van der Waals surface area contributed by atoms with Gasteiger partial charge < -0.3 is 20.5 Å². The van der Waals surface area contributed by atoms with Crippen LogP contribution in [-0.2, 0) is 22.5 Å². The lowest BCUT2D eigenvalue weighted by Crippen LogP contribution is -2.38. The van der Waals surface area contributed by atoms with Gasteiger partial charge in [0.05, 0.1) is 12.1 Å². The highest BCUT2D eigenvalue weighted by Gasteiger charge is 2.24. The number of nitrogens with one attached hydrogen (secondary N) is 2. The fourth-order valence-electron chi connectivity index (χ4n) is 3.46. The summed E-state index contributed by atoms with van der Waals surface area (Å²) in [6, 6.07) is 7.59. The van der Waals surface area contributed by atoms with Crippen LogP contribution in [0.5, 0.6) is 5.75 Å². The number of halogens is 1. The predicted molar refractivity (Wildman–Crippen MR) is 124 cm³/mol. The Balaban J connectivity index is 2.09. The molecule has 3 aromatic rings. The van der Waals surface area contributed by atoms with Crippen molar-refractivity contribution in [2.45, 2.75) is 26.3 Å². The molecule has 0 aliphatic heterocycles. The highest BCUT2D eigenvalue weighted by Crippen LogP contribution is 2.26. The summed E-state index contributed by atoms with van der Waals surface area (Å²) >= 11 is 0. The Morgan fingerprint density at radius 3 is 2.56 bits per heavy atom. The number of benzene rings is 1. The highest BCUT2D eigenvalue weighted by atomic mass is 19.1. The molecule has 9 nitrogen and oxygen atoms in total. The summed E-state index contributed by atoms with van der Waals surface area (Å²) in [4.78, 5) is 42.6. The van der Waals surface area contributed by atoms with Crippen LogP contribution in [0.25, 0.3) is 11.0 Å². The molecule has 0 saturated heterocycles. The molecule has 0 bridgehead atoms. The van der Waals surface area contributed by atoms with Gasteiger partial charge in [0.1, 0.15) is 23.4 Å². The van der Waals surface area contributed by atoms with Gasteiger partial charge in [-0.05, 0) is 42.2 Å². The van der Waals surface area contributed by atoms with Crippen LogP contribution in [0.3, 0.4) is 0 Å². The normalized spacial score (nSPS) is 10.9. The van der Waals surface area contributed by atoms with Crippen molar-refractivity contribution in [2.24, 2.45) is 0 Å². The van der Waals surface area contributed by atoms with Crippen molar-refractivity contribution < 1.29 is 23.8 Å². The molecule has 180 valence electrons. The number of fused-ring (bicyclic) bond motifs is 1. The number of carbonyl (C=O) groups excluding carboxylic acids is 2. The summed E-state index contributed by atoms with van der Waals surface area (Å²) in [5, 5.41) is 16.0. The lowest BCUT2D eigenvalue weighted by atomic mass is 10.1. The van der Waals surface area contributed by atoms with E-state index >= 15 is 0 Å². The second kappa shape index (κ2) is 11.4. The van der Waals surface area contributed by atoms with Gasteiger partial charge in [-0.15, -0.1) is 0 Å². The number of rotatable bonds is 10. The molecule has 2 amide bonds. The molecule has 0 radical (unpaired) electrons. The minimum atomic E-state index is -0.813. The van der Waals surface area contributed by atoms with Crippen LogP contribution in [0, 0.1) is 5.82 Å². The van der Waals surface area contributed by atoms with E-state index in [1.807, 2.05) is 6.92 Å². The number of aromatic hydroxyl groups is 1. The summed E-state index contributed by atoms with van der Waals surface area (Å²) in [6.45, 7) is 2.33. The van der Waals surface area contributed by atoms with Crippen molar-refractivity contribution in [3.05, 3.63) is 69.4 Å². The Labute approximate surface area is 195 Å². The van der Waals surface area contributed by atoms with E-state index in [-0.39, 0.29) is 36.5 Å². The third-order valence-electron chi connectivity index (χ3n) is 5.15. The zero-order chi connectivity index (χ0) is 24.7. The molecule has 3 N–H and O–H groups in total. The van der Waals surface area contributed by atoms with Gasteiger partial charge in [-0.3, -0.25) is 23.9 Å². The van der Waals surface area contributed by atoms with Gasteiger partial charge >= 0.3 is 0 Å². The van der Waals surface area contributed by atoms with Gasteiger partial charge in [0.25, 0.3) is 11.5 Å². The molecule has 10 heteroatoms. The lowest BCUT2D eigenvalue weighted by molar-refractivity contribution is -0.121. The number of ether oxygens (including phenoxy) is 1. The van der Waals surface area contributed by atoms with E-state index in [0.717, 1.165) is 10.1 Å². The van der Waals surface area contributed by atoms with E-state index < -0.39 is 28.7 Å². The van der Waals surface area contributed by atoms with E-state index in [4.69, 9.17) is 4.74 Å². The fourth-order valence-corrected chi connectivity index (χ4v) is 3.46. The topological polar surface area (TPSA) is 123 Å². The summed E-state index contributed by atoms with van der Waals surface area (Å²) in [5.74, 6) is -2.12. The van der Waals surface area contributed by atoms with Gasteiger partial charge in [0.2, 0.25) is 5.91 Å². The molecule has 0 spiro atoms. The van der Waals surface area contributed by atoms with E-state index in [9.17, 15) is 23.9 Å². The summed E-state index contributed by atoms with van der Waals surface area (Å²) < 4.78 is 19.3. The van der Waals surface area contributed by atoms with E-state index in [2.05, 4.69) is 15.6 Å². The highest BCUT2D eigenvalue weighted by molar-refractivity contribution is 6.01. The molecular weight excluding hydrogens is 443 g/mol. The van der Waals surface area contributed by atoms with Gasteiger partial charge in [0.15, 0.2) is 5.75 Å². The minimum absolute atomic E-state index is 0.0163. The van der Waals surface area contributed by atoms with Gasteiger partial charge in [-0.2, -0.15) is 0 Å². The third kappa shape index (κ3) is 5.76. The van der Waals surface area contributed by atoms with Crippen LogP contribution < -0.4 is 16.2 Å². The van der Waals surface area contributed by atoms with E-state index in [1.165, 1.54) is 25.4 Å². The third-order valence-corrected chi connectivity index (χ3v) is 5.15. The SMILES string of the molecule is CCCNC(=O)Cn1c(=O)c(C(=O)NCCOC)c(O)c2ncc(Cc3ccc(F)cc3)cc21. The van der Waals surface area contributed by atoms with Gasteiger partial charge in [-0.1, -0.05) is 19.1 Å². The number of amides is 2. The molecule has 0 aliphatic rings. The second-order valence-corrected chi connectivity index (χ2v) is 7.73. The standard InChI is InChI=1S/C24H27FN4O5/c1-3-8-26-19(30)14-29-18-12-16(11-15-4-6-17(25)7-5-15)13-28-21(18)22(31)20(24(29)33)23(32)27-9-10-34-2/h4-7,12-13,31H,3,8-11,14H2,1-2H3,(H,26,30)(H,27,32). The molecule has 0 saturated carbocycles. The average Bonchev–Trinajstić information content (AvgIpc) is 2.82. The first-order valence-electron chi connectivity index (χ1n) is 10.9. The molecule has 34 heavy (non-hydrogen) atoms. The smallest absolute Gasteiger partial charge is 0.268 e. The lowest BCUT2D eigenvalue weighted by Gasteiger charge is -2.15. The van der Waals surface area contributed by atoms with Crippen LogP contribution in [0.15, 0.2) is 41.3 Å². The number of aromatic nitrogens is 2. The summed E-state index contributed by atoms with van der Waals surface area (Å²) in [5.41, 5.74) is 0.413. The molecule has 0 aliphatic carbocycles. The van der Waals surface area contributed by atoms with Crippen LogP contribution in [0.2, 0.25) is 0 Å². The molecule has 2 aromatic heterocycles. The average molecular weight is 471 g/mol. The number of pyridine rings is 2. The number of carbonyl (C=O) groups is 2. The Kier molecular flexibility index (Phi) is 8.31. The Hall–Kier alpha value is -3.79. The Morgan fingerprint density at radius 1 is 1.15 bits per heavy atom. The van der Waals surface area contributed by atoms with E-state index in [1.54, 1.807) is 18.2 Å². The maximum atomic E-state index is 13.3. The monoisotopic (exact) mass is 470 g/mol. The Morgan fingerprint density at radius 2 is 1.88 bits per heavy atom. The molecule has 0 atom stereocenters. The maximum absolute atomic E-state index is 13.3. The molecule has 0 fully saturated rings. The quantitative estimate of drug-likeness (QED) is 0.388. The van der Waals surface area contributed by atoms with Crippen LogP contribution in [0.4, 0.5) is 4.39 Å². The number of hydrogen-bond donors (Lipinski definition) is 3. The van der Waals surface area contributed by atoms with Crippen LogP contribution in [-0.4, -0.2) is 53.3 Å². The molecular formula is C24H27FN4O5. The molecule has 2 heterocycles. The van der Waals surface area contributed by atoms with Crippen LogP contribution >= 0.6 is 0 Å². The summed E-state index contributed by atoms with van der Waals surface area (Å²) in [6.07, 6.45) is 2.61. The summed E-state index contributed by atoms with van der Waals surface area (Å²) in [7, 11) is 1.47.